The fraction of sp³-hybridized carbons (Fsp3) is 0.214. The molecule has 2 rings (SSSR count). The third-order valence-electron chi connectivity index (χ3n) is 2.16. The Hall–Kier alpha value is -2.23. The van der Waals surface area contributed by atoms with Crippen molar-refractivity contribution in [1.29, 1.82) is 0 Å². The van der Waals surface area contributed by atoms with Gasteiger partial charge in [-0.05, 0) is 32.0 Å². The molecule has 0 amide bonds. The molecule has 1 heterocycles. The van der Waals surface area contributed by atoms with E-state index in [1.165, 1.54) is 0 Å². The van der Waals surface area contributed by atoms with Crippen LogP contribution in [0.1, 0.15) is 13.8 Å². The summed E-state index contributed by atoms with van der Waals surface area (Å²) in [7, 11) is 0. The van der Waals surface area contributed by atoms with Crippen LogP contribution in [0.3, 0.4) is 0 Å². The van der Waals surface area contributed by atoms with Crippen molar-refractivity contribution < 1.29 is 9.47 Å². The van der Waals surface area contributed by atoms with Crippen LogP contribution < -0.4 is 15.2 Å². The summed E-state index contributed by atoms with van der Waals surface area (Å²) < 4.78 is 11.2. The van der Waals surface area contributed by atoms with Crippen molar-refractivity contribution in [3.8, 4) is 17.4 Å². The Morgan fingerprint density at radius 1 is 1.11 bits per heavy atom. The van der Waals surface area contributed by atoms with Crippen LogP contribution in [-0.2, 0) is 0 Å². The molecule has 1 aromatic carbocycles. The molecule has 18 heavy (non-hydrogen) atoms. The van der Waals surface area contributed by atoms with Gasteiger partial charge in [-0.1, -0.05) is 6.07 Å². The van der Waals surface area contributed by atoms with E-state index >= 15 is 0 Å². The van der Waals surface area contributed by atoms with Gasteiger partial charge in [-0.2, -0.15) is 0 Å². The minimum absolute atomic E-state index is 0.134. The summed E-state index contributed by atoms with van der Waals surface area (Å²) in [6, 6.07) is 10.9. The van der Waals surface area contributed by atoms with Crippen molar-refractivity contribution in [3.05, 3.63) is 42.6 Å². The molecule has 4 nitrogen and oxygen atoms in total. The topological polar surface area (TPSA) is 57.4 Å². The zero-order valence-electron chi connectivity index (χ0n) is 10.5. The van der Waals surface area contributed by atoms with Crippen molar-refractivity contribution in [1.82, 2.24) is 4.98 Å². The molecular formula is C14H16N2O2. The van der Waals surface area contributed by atoms with Crippen molar-refractivity contribution in [2.75, 3.05) is 5.73 Å². The quantitative estimate of drug-likeness (QED) is 0.897. The number of nitrogens with zero attached hydrogens (tertiary/aromatic N) is 1. The normalized spacial score (nSPS) is 10.4. The number of rotatable bonds is 4. The molecule has 0 fully saturated rings. The van der Waals surface area contributed by atoms with Gasteiger partial charge in [0.15, 0.2) is 0 Å². The third kappa shape index (κ3) is 3.38. The highest BCUT2D eigenvalue weighted by atomic mass is 16.5. The van der Waals surface area contributed by atoms with Crippen LogP contribution in [0.5, 0.6) is 17.4 Å². The van der Waals surface area contributed by atoms with Gasteiger partial charge in [0.1, 0.15) is 11.5 Å². The monoisotopic (exact) mass is 244 g/mol. The summed E-state index contributed by atoms with van der Waals surface area (Å²) in [4.78, 5) is 4.08. The smallest absolute Gasteiger partial charge is 0.219 e. The lowest BCUT2D eigenvalue weighted by atomic mass is 10.3. The molecule has 0 saturated heterocycles. The second kappa shape index (κ2) is 5.40. The zero-order valence-corrected chi connectivity index (χ0v) is 10.5. The lowest BCUT2D eigenvalue weighted by Gasteiger charge is -2.11. The van der Waals surface area contributed by atoms with Crippen molar-refractivity contribution in [2.45, 2.75) is 20.0 Å². The summed E-state index contributed by atoms with van der Waals surface area (Å²) in [6.45, 7) is 3.96. The number of nitrogen functional groups attached to an aromatic ring is 1. The van der Waals surface area contributed by atoms with Gasteiger partial charge in [-0.3, -0.25) is 0 Å². The van der Waals surface area contributed by atoms with Gasteiger partial charge < -0.3 is 15.2 Å². The first kappa shape index (κ1) is 12.2. The minimum Gasteiger partial charge on any atom is -0.491 e. The minimum atomic E-state index is 0.134. The number of ether oxygens (including phenoxy) is 2. The number of nitrogens with two attached hydrogens (primary N) is 1. The van der Waals surface area contributed by atoms with E-state index in [0.29, 0.717) is 17.3 Å². The zero-order chi connectivity index (χ0) is 13.0. The molecule has 2 N–H and O–H groups in total. The first-order chi connectivity index (χ1) is 8.63. The predicted molar refractivity (Wildman–Crippen MR) is 70.9 cm³/mol. The highest BCUT2D eigenvalue weighted by Crippen LogP contribution is 2.24. The molecule has 0 aliphatic rings. The first-order valence-corrected chi connectivity index (χ1v) is 5.79. The number of hydrogen-bond acceptors (Lipinski definition) is 4. The van der Waals surface area contributed by atoms with E-state index in [0.717, 1.165) is 5.75 Å². The molecule has 0 bridgehead atoms. The summed E-state index contributed by atoms with van der Waals surface area (Å²) in [5.41, 5.74) is 6.17. The standard InChI is InChI=1S/C14H16N2O2/c1-10(2)17-12-4-3-5-13(8-12)18-14-7-6-11(15)9-16-14/h3-10H,15H2,1-2H3. The maximum atomic E-state index is 5.61. The second-order valence-electron chi connectivity index (χ2n) is 4.17. The highest BCUT2D eigenvalue weighted by Gasteiger charge is 2.02. The Morgan fingerprint density at radius 2 is 1.89 bits per heavy atom. The molecule has 0 aliphatic heterocycles. The Morgan fingerprint density at radius 3 is 2.56 bits per heavy atom. The maximum Gasteiger partial charge on any atom is 0.219 e. The second-order valence-corrected chi connectivity index (χ2v) is 4.17. The Bertz CT molecular complexity index is 509. The van der Waals surface area contributed by atoms with Crippen molar-refractivity contribution in [3.63, 3.8) is 0 Å². The van der Waals surface area contributed by atoms with E-state index < -0.39 is 0 Å². The third-order valence-corrected chi connectivity index (χ3v) is 2.16. The van der Waals surface area contributed by atoms with Crippen LogP contribution in [0.15, 0.2) is 42.6 Å². The molecule has 0 aliphatic carbocycles. The van der Waals surface area contributed by atoms with E-state index in [-0.39, 0.29) is 6.10 Å². The SMILES string of the molecule is CC(C)Oc1cccc(Oc2ccc(N)cn2)c1. The fourth-order valence-electron chi connectivity index (χ4n) is 1.46. The van der Waals surface area contributed by atoms with Crippen LogP contribution in [0.25, 0.3) is 0 Å². The number of benzene rings is 1. The summed E-state index contributed by atoms with van der Waals surface area (Å²) in [5.74, 6) is 1.97. The lowest BCUT2D eigenvalue weighted by Crippen LogP contribution is -2.05. The predicted octanol–water partition coefficient (Wildman–Crippen LogP) is 3.24. The van der Waals surface area contributed by atoms with Crippen LogP contribution in [0.2, 0.25) is 0 Å². The molecule has 0 saturated carbocycles. The van der Waals surface area contributed by atoms with E-state index in [4.69, 9.17) is 15.2 Å². The van der Waals surface area contributed by atoms with Crippen LogP contribution in [0, 0.1) is 0 Å². The molecule has 0 spiro atoms. The van der Waals surface area contributed by atoms with Crippen LogP contribution in [-0.4, -0.2) is 11.1 Å². The van der Waals surface area contributed by atoms with Gasteiger partial charge in [0, 0.05) is 12.1 Å². The van der Waals surface area contributed by atoms with Gasteiger partial charge in [0.2, 0.25) is 5.88 Å². The molecule has 94 valence electrons. The highest BCUT2D eigenvalue weighted by molar-refractivity contribution is 5.39. The maximum absolute atomic E-state index is 5.61. The Balaban J connectivity index is 2.11. The van der Waals surface area contributed by atoms with Gasteiger partial charge in [0.25, 0.3) is 0 Å². The van der Waals surface area contributed by atoms with Crippen molar-refractivity contribution >= 4 is 5.69 Å². The van der Waals surface area contributed by atoms with E-state index in [9.17, 15) is 0 Å². The first-order valence-electron chi connectivity index (χ1n) is 5.79. The lowest BCUT2D eigenvalue weighted by molar-refractivity contribution is 0.241. The van der Waals surface area contributed by atoms with E-state index in [2.05, 4.69) is 4.98 Å². The number of aromatic nitrogens is 1. The summed E-state index contributed by atoms with van der Waals surface area (Å²) >= 11 is 0. The van der Waals surface area contributed by atoms with Crippen molar-refractivity contribution in [2.24, 2.45) is 0 Å². The van der Waals surface area contributed by atoms with E-state index in [1.807, 2.05) is 38.1 Å². The van der Waals surface area contributed by atoms with Gasteiger partial charge >= 0.3 is 0 Å². The molecule has 4 heteroatoms. The Kier molecular flexibility index (Phi) is 3.67. The Labute approximate surface area is 106 Å². The average molecular weight is 244 g/mol. The molecule has 1 aromatic heterocycles. The molecule has 0 atom stereocenters. The van der Waals surface area contributed by atoms with Crippen LogP contribution in [0.4, 0.5) is 5.69 Å². The van der Waals surface area contributed by atoms with Gasteiger partial charge in [0.05, 0.1) is 18.0 Å². The molecule has 2 aromatic rings. The van der Waals surface area contributed by atoms with Crippen LogP contribution >= 0.6 is 0 Å². The van der Waals surface area contributed by atoms with Gasteiger partial charge in [-0.25, -0.2) is 4.98 Å². The number of pyridine rings is 1. The average Bonchev–Trinajstić information content (AvgIpc) is 2.32. The summed E-state index contributed by atoms with van der Waals surface area (Å²) in [6.07, 6.45) is 1.69. The fourth-order valence-corrected chi connectivity index (χ4v) is 1.46. The molecule has 0 radical (unpaired) electrons. The molecule has 0 unspecified atom stereocenters. The van der Waals surface area contributed by atoms with Gasteiger partial charge in [-0.15, -0.1) is 0 Å². The number of hydrogen-bond donors (Lipinski definition) is 1. The number of anilines is 1. The van der Waals surface area contributed by atoms with E-state index in [1.54, 1.807) is 18.3 Å². The molecular weight excluding hydrogens is 228 g/mol. The largest absolute Gasteiger partial charge is 0.491 e. The summed E-state index contributed by atoms with van der Waals surface area (Å²) in [5, 5.41) is 0.